The predicted molar refractivity (Wildman–Crippen MR) is 128 cm³/mol. The molecule has 8 nitrogen and oxygen atoms in total. The second-order valence-corrected chi connectivity index (χ2v) is 10.2. The van der Waals surface area contributed by atoms with Crippen LogP contribution in [0.5, 0.6) is 0 Å². The summed E-state index contributed by atoms with van der Waals surface area (Å²) in [7, 11) is 0. The van der Waals surface area contributed by atoms with Gasteiger partial charge in [-0.2, -0.15) is 5.43 Å². The Morgan fingerprint density at radius 2 is 1.82 bits per heavy atom. The zero-order valence-corrected chi connectivity index (χ0v) is 20.8. The van der Waals surface area contributed by atoms with Gasteiger partial charge in [0.1, 0.15) is 0 Å². The lowest BCUT2D eigenvalue weighted by Crippen LogP contribution is -2.53. The molecule has 1 aromatic rings. The molecule has 1 aliphatic carbocycles. The van der Waals surface area contributed by atoms with Crippen molar-refractivity contribution in [3.63, 3.8) is 0 Å². The lowest BCUT2D eigenvalue weighted by atomic mass is 9.85. The lowest BCUT2D eigenvalue weighted by molar-refractivity contribution is -0.139. The minimum Gasteiger partial charge on any atom is -0.420 e. The molecule has 1 saturated heterocycles. The standard InChI is InChI=1S/C26H39N3O5/c1-17(2)14-21(23(30)25-28-29(15-18(3)4)26(32)34-25)27-24(31)20-12-8-9-13-22(20)33-16-19-10-6-5-7-11-19/h5-7,10-11,17-18,20-22,25,28H,8-9,12-16H2,1-4H3,(H,27,31)/t20?,21-,22?,25?/m0/s1. The number of nitrogens with zero attached hydrogens (tertiary/aromatic N) is 1. The summed E-state index contributed by atoms with van der Waals surface area (Å²) in [5.41, 5.74) is 3.93. The van der Waals surface area contributed by atoms with Gasteiger partial charge in [-0.25, -0.2) is 9.80 Å². The lowest BCUT2D eigenvalue weighted by Gasteiger charge is -2.32. The molecule has 0 aromatic heterocycles. The summed E-state index contributed by atoms with van der Waals surface area (Å²) in [4.78, 5) is 38.7. The minimum absolute atomic E-state index is 0.167. The molecule has 0 spiro atoms. The number of amides is 2. The van der Waals surface area contributed by atoms with Crippen LogP contribution in [-0.4, -0.2) is 47.7 Å². The highest BCUT2D eigenvalue weighted by Gasteiger charge is 2.41. The Balaban J connectivity index is 1.64. The van der Waals surface area contributed by atoms with Crippen molar-refractivity contribution in [1.29, 1.82) is 0 Å². The first kappa shape index (κ1) is 26.2. The van der Waals surface area contributed by atoms with Crippen molar-refractivity contribution >= 4 is 17.8 Å². The maximum absolute atomic E-state index is 13.3. The highest BCUT2D eigenvalue weighted by atomic mass is 16.6. The van der Waals surface area contributed by atoms with E-state index in [1.807, 2.05) is 58.0 Å². The van der Waals surface area contributed by atoms with Gasteiger partial charge in [0.2, 0.25) is 17.9 Å². The topological polar surface area (TPSA) is 97.0 Å². The van der Waals surface area contributed by atoms with E-state index in [4.69, 9.17) is 9.47 Å². The van der Waals surface area contributed by atoms with E-state index in [0.29, 0.717) is 19.6 Å². The van der Waals surface area contributed by atoms with Crippen LogP contribution in [-0.2, 0) is 25.7 Å². The van der Waals surface area contributed by atoms with E-state index in [0.717, 1.165) is 31.2 Å². The van der Waals surface area contributed by atoms with Gasteiger partial charge in [0.05, 0.1) is 24.7 Å². The Bertz CT molecular complexity index is 829. The SMILES string of the molecule is CC(C)C[C@H](NC(=O)C1CCCCC1OCc1ccccc1)C(=O)C1NN(CC(C)C)C(=O)O1. The Labute approximate surface area is 202 Å². The summed E-state index contributed by atoms with van der Waals surface area (Å²) in [6.07, 6.45) is 2.14. The molecule has 1 aromatic carbocycles. The van der Waals surface area contributed by atoms with Crippen LogP contribution < -0.4 is 10.7 Å². The fourth-order valence-corrected chi connectivity index (χ4v) is 4.55. The molecule has 1 saturated carbocycles. The third-order valence-corrected chi connectivity index (χ3v) is 6.23. The summed E-state index contributed by atoms with van der Waals surface area (Å²) in [5.74, 6) is -0.412. The number of carbonyl (C=O) groups excluding carboxylic acids is 3. The number of hydrogen-bond donors (Lipinski definition) is 2. The average Bonchev–Trinajstić information content (AvgIpc) is 3.16. The number of nitrogens with one attached hydrogen (secondary N) is 2. The van der Waals surface area contributed by atoms with Crippen molar-refractivity contribution in [2.45, 2.75) is 84.8 Å². The summed E-state index contributed by atoms with van der Waals surface area (Å²) in [6, 6.07) is 9.18. The van der Waals surface area contributed by atoms with Gasteiger partial charge in [0.25, 0.3) is 0 Å². The largest absolute Gasteiger partial charge is 0.426 e. The summed E-state index contributed by atoms with van der Waals surface area (Å²) in [6.45, 7) is 8.85. The van der Waals surface area contributed by atoms with Gasteiger partial charge < -0.3 is 14.8 Å². The smallest absolute Gasteiger partial charge is 0.420 e. The Kier molecular flexibility index (Phi) is 9.47. The van der Waals surface area contributed by atoms with E-state index >= 15 is 0 Å². The molecule has 1 aliphatic heterocycles. The van der Waals surface area contributed by atoms with Gasteiger partial charge >= 0.3 is 6.09 Å². The van der Waals surface area contributed by atoms with Crippen molar-refractivity contribution in [2.75, 3.05) is 6.54 Å². The van der Waals surface area contributed by atoms with Gasteiger partial charge in [0.15, 0.2) is 0 Å². The van der Waals surface area contributed by atoms with E-state index in [2.05, 4.69) is 10.7 Å². The molecule has 0 radical (unpaired) electrons. The number of rotatable bonds is 11. The fourth-order valence-electron chi connectivity index (χ4n) is 4.55. The third kappa shape index (κ3) is 7.27. The number of cyclic esters (lactones) is 1. The average molecular weight is 474 g/mol. The van der Waals surface area contributed by atoms with Crippen molar-refractivity contribution in [2.24, 2.45) is 17.8 Å². The van der Waals surface area contributed by atoms with Crippen LogP contribution in [0.25, 0.3) is 0 Å². The van der Waals surface area contributed by atoms with Crippen molar-refractivity contribution in [1.82, 2.24) is 15.8 Å². The van der Waals surface area contributed by atoms with E-state index in [1.54, 1.807) is 0 Å². The highest BCUT2D eigenvalue weighted by molar-refractivity contribution is 5.94. The van der Waals surface area contributed by atoms with Gasteiger partial charge in [-0.3, -0.25) is 9.59 Å². The van der Waals surface area contributed by atoms with Crippen LogP contribution in [0, 0.1) is 17.8 Å². The second-order valence-electron chi connectivity index (χ2n) is 10.2. The molecule has 34 heavy (non-hydrogen) atoms. The normalized spacial score (nSPS) is 23.8. The molecule has 0 bridgehead atoms. The molecule has 188 valence electrons. The molecule has 2 aliphatic rings. The van der Waals surface area contributed by atoms with Crippen LogP contribution in [0.4, 0.5) is 4.79 Å². The first-order valence-corrected chi connectivity index (χ1v) is 12.5. The fraction of sp³-hybridized carbons (Fsp3) is 0.654. The molecule has 2 fully saturated rings. The van der Waals surface area contributed by atoms with Crippen LogP contribution >= 0.6 is 0 Å². The first-order valence-electron chi connectivity index (χ1n) is 12.5. The highest BCUT2D eigenvalue weighted by Crippen LogP contribution is 2.28. The van der Waals surface area contributed by atoms with E-state index in [9.17, 15) is 14.4 Å². The van der Waals surface area contributed by atoms with Crippen LogP contribution in [0.2, 0.25) is 0 Å². The number of hydrogen-bond acceptors (Lipinski definition) is 6. The summed E-state index contributed by atoms with van der Waals surface area (Å²) in [5, 5.41) is 4.30. The van der Waals surface area contributed by atoms with Gasteiger partial charge in [-0.1, -0.05) is 70.9 Å². The third-order valence-electron chi connectivity index (χ3n) is 6.23. The number of hydrazine groups is 1. The van der Waals surface area contributed by atoms with Crippen LogP contribution in [0.15, 0.2) is 30.3 Å². The molecule has 3 rings (SSSR count). The van der Waals surface area contributed by atoms with Crippen LogP contribution in [0.1, 0.15) is 65.4 Å². The maximum atomic E-state index is 13.3. The predicted octanol–water partition coefficient (Wildman–Crippen LogP) is 3.80. The number of benzene rings is 1. The van der Waals surface area contributed by atoms with Crippen molar-refractivity contribution in [3.05, 3.63) is 35.9 Å². The number of carbonyl (C=O) groups is 3. The van der Waals surface area contributed by atoms with Gasteiger partial charge in [-0.05, 0) is 36.7 Å². The molecular weight excluding hydrogens is 434 g/mol. The zero-order chi connectivity index (χ0) is 24.7. The summed E-state index contributed by atoms with van der Waals surface area (Å²) >= 11 is 0. The minimum atomic E-state index is -1.09. The Morgan fingerprint density at radius 1 is 1.12 bits per heavy atom. The van der Waals surface area contributed by atoms with Gasteiger partial charge in [0, 0.05) is 6.54 Å². The summed E-state index contributed by atoms with van der Waals surface area (Å²) < 4.78 is 11.4. The van der Waals surface area contributed by atoms with Crippen molar-refractivity contribution < 1.29 is 23.9 Å². The second kappa shape index (κ2) is 12.3. The van der Waals surface area contributed by atoms with E-state index in [1.165, 1.54) is 5.01 Å². The molecule has 8 heteroatoms. The Morgan fingerprint density at radius 3 is 2.50 bits per heavy atom. The number of ketones is 1. The number of ether oxygens (including phenoxy) is 2. The molecule has 2 N–H and O–H groups in total. The maximum Gasteiger partial charge on any atom is 0.426 e. The Hall–Kier alpha value is -2.45. The first-order chi connectivity index (χ1) is 16.2. The molecule has 1 heterocycles. The van der Waals surface area contributed by atoms with E-state index < -0.39 is 18.4 Å². The molecular formula is C26H39N3O5. The number of Topliss-reactive ketones (excluding diaryl/α,β-unsaturated/α-hetero) is 1. The van der Waals surface area contributed by atoms with E-state index in [-0.39, 0.29) is 35.5 Å². The molecule has 3 unspecified atom stereocenters. The molecule has 4 atom stereocenters. The van der Waals surface area contributed by atoms with Crippen molar-refractivity contribution in [3.8, 4) is 0 Å². The zero-order valence-electron chi connectivity index (χ0n) is 20.8. The monoisotopic (exact) mass is 473 g/mol. The van der Waals surface area contributed by atoms with Gasteiger partial charge in [-0.15, -0.1) is 0 Å². The molecule has 2 amide bonds. The van der Waals surface area contributed by atoms with Crippen LogP contribution in [0.3, 0.4) is 0 Å². The quantitative estimate of drug-likeness (QED) is 0.507.